The lowest BCUT2D eigenvalue weighted by molar-refractivity contribution is 0.138. The number of rotatable bonds is 8. The van der Waals surface area contributed by atoms with Gasteiger partial charge in [0.1, 0.15) is 0 Å². The van der Waals surface area contributed by atoms with Crippen molar-refractivity contribution in [2.24, 2.45) is 5.92 Å². The number of nitrogens with one attached hydrogen (secondary N) is 2. The fourth-order valence-corrected chi connectivity index (χ4v) is 4.68. The number of urea groups is 1. The van der Waals surface area contributed by atoms with Gasteiger partial charge >= 0.3 is 6.03 Å². The van der Waals surface area contributed by atoms with Crippen LogP contribution >= 0.6 is 11.3 Å². The van der Waals surface area contributed by atoms with Crippen molar-refractivity contribution in [1.29, 1.82) is 0 Å². The maximum Gasteiger partial charge on any atom is 0.314 e. The molecule has 1 fully saturated rings. The van der Waals surface area contributed by atoms with Gasteiger partial charge in [-0.1, -0.05) is 13.0 Å². The van der Waals surface area contributed by atoms with E-state index in [4.69, 9.17) is 0 Å². The minimum atomic E-state index is -0.0831. The quantitative estimate of drug-likeness (QED) is 0.660. The SMILES string of the molecule is Cc1cc(C)n(CCCNC(=O)NCC(c2cccs2)N2CCC(C)CC2)n1. The van der Waals surface area contributed by atoms with Crippen molar-refractivity contribution in [2.45, 2.75) is 52.6 Å². The molecule has 0 bridgehead atoms. The molecule has 28 heavy (non-hydrogen) atoms. The first-order chi connectivity index (χ1) is 13.5. The minimum Gasteiger partial charge on any atom is -0.338 e. The van der Waals surface area contributed by atoms with E-state index in [9.17, 15) is 4.79 Å². The van der Waals surface area contributed by atoms with Crippen molar-refractivity contribution in [3.8, 4) is 0 Å². The number of likely N-dealkylation sites (tertiary alicyclic amines) is 1. The Morgan fingerprint density at radius 3 is 2.75 bits per heavy atom. The summed E-state index contributed by atoms with van der Waals surface area (Å²) in [7, 11) is 0. The number of carbonyl (C=O) groups excluding carboxylic acids is 1. The van der Waals surface area contributed by atoms with Gasteiger partial charge in [0.25, 0.3) is 0 Å². The van der Waals surface area contributed by atoms with Crippen LogP contribution in [-0.4, -0.2) is 46.9 Å². The summed E-state index contributed by atoms with van der Waals surface area (Å²) in [6, 6.07) is 6.54. The van der Waals surface area contributed by atoms with Gasteiger partial charge in [0.05, 0.1) is 11.7 Å². The molecule has 1 aliphatic rings. The summed E-state index contributed by atoms with van der Waals surface area (Å²) in [5.41, 5.74) is 2.20. The maximum atomic E-state index is 12.3. The highest BCUT2D eigenvalue weighted by Crippen LogP contribution is 2.28. The van der Waals surface area contributed by atoms with Crippen molar-refractivity contribution in [1.82, 2.24) is 25.3 Å². The highest BCUT2D eigenvalue weighted by Gasteiger charge is 2.25. The molecule has 7 heteroatoms. The summed E-state index contributed by atoms with van der Waals surface area (Å²) in [4.78, 5) is 16.1. The summed E-state index contributed by atoms with van der Waals surface area (Å²) in [5, 5.41) is 12.6. The first kappa shape index (κ1) is 20.9. The molecule has 1 unspecified atom stereocenters. The monoisotopic (exact) mass is 403 g/mol. The molecule has 0 aliphatic carbocycles. The molecule has 0 spiro atoms. The number of hydrogen-bond acceptors (Lipinski definition) is 4. The number of carbonyl (C=O) groups is 1. The second-order valence-electron chi connectivity index (χ2n) is 7.89. The smallest absolute Gasteiger partial charge is 0.314 e. The van der Waals surface area contributed by atoms with E-state index < -0.39 is 0 Å². The molecule has 3 heterocycles. The van der Waals surface area contributed by atoms with Crippen molar-refractivity contribution >= 4 is 17.4 Å². The zero-order chi connectivity index (χ0) is 19.9. The lowest BCUT2D eigenvalue weighted by Gasteiger charge is -2.36. The highest BCUT2D eigenvalue weighted by molar-refractivity contribution is 7.10. The van der Waals surface area contributed by atoms with Crippen molar-refractivity contribution < 1.29 is 4.79 Å². The van der Waals surface area contributed by atoms with Crippen LogP contribution in [0.2, 0.25) is 0 Å². The lowest BCUT2D eigenvalue weighted by atomic mass is 9.97. The van der Waals surface area contributed by atoms with Crippen LogP contribution in [0.1, 0.15) is 48.5 Å². The fourth-order valence-electron chi connectivity index (χ4n) is 3.81. The standard InChI is InChI=1S/C21H33N5OS/c1-16-7-11-25(12-8-16)19(20-6-4-13-28-20)15-23-21(27)22-9-5-10-26-18(3)14-17(2)24-26/h4,6,13-14,16,19H,5,7-12,15H2,1-3H3,(H2,22,23,27). The third kappa shape index (κ3) is 5.82. The number of piperidine rings is 1. The summed E-state index contributed by atoms with van der Waals surface area (Å²) in [6.07, 6.45) is 3.34. The number of amides is 2. The summed E-state index contributed by atoms with van der Waals surface area (Å²) in [6.45, 7) is 10.7. The van der Waals surface area contributed by atoms with E-state index >= 15 is 0 Å². The van der Waals surface area contributed by atoms with Gasteiger partial charge in [0, 0.05) is 30.2 Å². The van der Waals surface area contributed by atoms with Crippen LogP contribution < -0.4 is 10.6 Å². The molecule has 2 aromatic heterocycles. The molecule has 2 N–H and O–H groups in total. The molecule has 1 saturated heterocycles. The third-order valence-corrected chi connectivity index (χ3v) is 6.50. The topological polar surface area (TPSA) is 62.2 Å². The normalized spacial score (nSPS) is 16.8. The molecule has 2 amide bonds. The predicted octanol–water partition coefficient (Wildman–Crippen LogP) is 3.72. The Balaban J connectivity index is 1.42. The van der Waals surface area contributed by atoms with Crippen LogP contribution in [0.25, 0.3) is 0 Å². The zero-order valence-corrected chi connectivity index (χ0v) is 18.1. The Morgan fingerprint density at radius 2 is 2.11 bits per heavy atom. The van der Waals surface area contributed by atoms with E-state index in [-0.39, 0.29) is 12.1 Å². The molecule has 1 aliphatic heterocycles. The molecule has 0 radical (unpaired) electrons. The molecule has 154 valence electrons. The lowest BCUT2D eigenvalue weighted by Crippen LogP contribution is -2.44. The van der Waals surface area contributed by atoms with Gasteiger partial charge in [-0.25, -0.2) is 4.79 Å². The average Bonchev–Trinajstić information content (AvgIpc) is 3.30. The summed E-state index contributed by atoms with van der Waals surface area (Å²) in [5.74, 6) is 0.804. The first-order valence-electron chi connectivity index (χ1n) is 10.3. The largest absolute Gasteiger partial charge is 0.338 e. The van der Waals surface area contributed by atoms with Gasteiger partial charge in [-0.3, -0.25) is 9.58 Å². The fraction of sp³-hybridized carbons (Fsp3) is 0.619. The Morgan fingerprint density at radius 1 is 1.32 bits per heavy atom. The maximum absolute atomic E-state index is 12.3. The molecule has 6 nitrogen and oxygen atoms in total. The molecule has 0 saturated carbocycles. The van der Waals surface area contributed by atoms with Crippen LogP contribution in [0, 0.1) is 19.8 Å². The molecule has 3 rings (SSSR count). The number of hydrogen-bond donors (Lipinski definition) is 2. The van der Waals surface area contributed by atoms with Gasteiger partial charge in [-0.15, -0.1) is 11.3 Å². The van der Waals surface area contributed by atoms with Crippen LogP contribution in [0.5, 0.6) is 0 Å². The molecular formula is C21H33N5OS. The van der Waals surface area contributed by atoms with Gasteiger partial charge in [-0.05, 0) is 69.6 Å². The zero-order valence-electron chi connectivity index (χ0n) is 17.3. The van der Waals surface area contributed by atoms with Gasteiger partial charge in [-0.2, -0.15) is 5.10 Å². The predicted molar refractivity (Wildman–Crippen MR) is 115 cm³/mol. The third-order valence-electron chi connectivity index (χ3n) is 5.52. The van der Waals surface area contributed by atoms with E-state index in [1.807, 2.05) is 11.6 Å². The van der Waals surface area contributed by atoms with E-state index in [0.717, 1.165) is 43.4 Å². The van der Waals surface area contributed by atoms with Gasteiger partial charge in [0.15, 0.2) is 0 Å². The second-order valence-corrected chi connectivity index (χ2v) is 8.87. The van der Waals surface area contributed by atoms with Gasteiger partial charge < -0.3 is 10.6 Å². The Hall–Kier alpha value is -1.86. The van der Waals surface area contributed by atoms with Gasteiger partial charge in [0.2, 0.25) is 0 Å². The van der Waals surface area contributed by atoms with Crippen LogP contribution in [0.4, 0.5) is 4.79 Å². The minimum absolute atomic E-state index is 0.0831. The Kier molecular flexibility index (Phi) is 7.50. The molecule has 1 atom stereocenters. The Labute approximate surface area is 172 Å². The van der Waals surface area contributed by atoms with E-state index in [1.54, 1.807) is 11.3 Å². The summed E-state index contributed by atoms with van der Waals surface area (Å²) >= 11 is 1.78. The number of aryl methyl sites for hydroxylation is 3. The van der Waals surface area contributed by atoms with E-state index in [0.29, 0.717) is 13.1 Å². The summed E-state index contributed by atoms with van der Waals surface area (Å²) < 4.78 is 2.00. The molecule has 0 aromatic carbocycles. The number of nitrogens with zero attached hydrogens (tertiary/aromatic N) is 3. The Bertz CT molecular complexity index is 734. The average molecular weight is 404 g/mol. The van der Waals surface area contributed by atoms with Crippen LogP contribution in [0.3, 0.4) is 0 Å². The van der Waals surface area contributed by atoms with Crippen LogP contribution in [0.15, 0.2) is 23.6 Å². The number of aromatic nitrogens is 2. The van der Waals surface area contributed by atoms with E-state index in [2.05, 4.69) is 58.1 Å². The highest BCUT2D eigenvalue weighted by atomic mass is 32.1. The molecular weight excluding hydrogens is 370 g/mol. The second kappa shape index (κ2) is 10.1. The number of thiophene rings is 1. The first-order valence-corrected chi connectivity index (χ1v) is 11.2. The van der Waals surface area contributed by atoms with Crippen molar-refractivity contribution in [3.05, 3.63) is 39.8 Å². The van der Waals surface area contributed by atoms with Crippen LogP contribution in [-0.2, 0) is 6.54 Å². The van der Waals surface area contributed by atoms with Crippen molar-refractivity contribution in [2.75, 3.05) is 26.2 Å². The van der Waals surface area contributed by atoms with Crippen molar-refractivity contribution in [3.63, 3.8) is 0 Å². The van der Waals surface area contributed by atoms with E-state index in [1.165, 1.54) is 17.7 Å². The molecule has 2 aromatic rings.